The number of hydrogen-bond donors (Lipinski definition) is 0. The van der Waals surface area contributed by atoms with Crippen LogP contribution in [0.15, 0.2) is 133 Å². The zero-order valence-corrected chi connectivity index (χ0v) is 24.3. The van der Waals surface area contributed by atoms with Crippen molar-refractivity contribution in [3.05, 3.63) is 167 Å². The standard InChI is InChI=1S/C40H22N4O2/c1-41-29-21-28(22-30(24-29)42-2)27-17-20-33-32-11-6-7-13-35(32)44(37(33)23-27)36-14-8-12-34-38(36)40(46)43(39(34)45)31-18-15-26(16-19-31)25-9-4-3-5-10-25/h3-24H. The largest absolute Gasteiger partial charge is 0.308 e. The number of nitrogens with zero attached hydrogens (tertiary/aromatic N) is 4. The predicted octanol–water partition coefficient (Wildman–Crippen LogP) is 10.0. The van der Waals surface area contributed by atoms with E-state index in [1.165, 1.54) is 4.90 Å². The molecule has 0 saturated heterocycles. The lowest BCUT2D eigenvalue weighted by molar-refractivity contribution is 0.0926. The minimum atomic E-state index is -0.378. The van der Waals surface area contributed by atoms with Crippen molar-refractivity contribution in [3.63, 3.8) is 0 Å². The number of rotatable bonds is 4. The first-order valence-electron chi connectivity index (χ1n) is 14.7. The Morgan fingerprint density at radius 3 is 1.89 bits per heavy atom. The highest BCUT2D eigenvalue weighted by Gasteiger charge is 2.39. The van der Waals surface area contributed by atoms with Crippen molar-refractivity contribution in [3.8, 4) is 27.9 Å². The molecule has 0 unspecified atom stereocenters. The molecule has 214 valence electrons. The van der Waals surface area contributed by atoms with Crippen LogP contribution in [0, 0.1) is 13.1 Å². The van der Waals surface area contributed by atoms with Gasteiger partial charge in [-0.15, -0.1) is 0 Å². The Labute approximate surface area is 264 Å². The molecule has 0 radical (unpaired) electrons. The number of benzene rings is 6. The predicted molar refractivity (Wildman–Crippen MR) is 182 cm³/mol. The van der Waals surface area contributed by atoms with Crippen LogP contribution in [-0.4, -0.2) is 16.4 Å². The second-order valence-corrected chi connectivity index (χ2v) is 11.1. The van der Waals surface area contributed by atoms with Crippen LogP contribution in [0.5, 0.6) is 0 Å². The summed E-state index contributed by atoms with van der Waals surface area (Å²) in [5.41, 5.74) is 7.98. The van der Waals surface area contributed by atoms with Gasteiger partial charge in [-0.3, -0.25) is 9.59 Å². The smallest absolute Gasteiger partial charge is 0.268 e. The second kappa shape index (κ2) is 10.4. The topological polar surface area (TPSA) is 51.0 Å². The third-order valence-electron chi connectivity index (χ3n) is 8.53. The van der Waals surface area contributed by atoms with Crippen molar-refractivity contribution in [2.75, 3.05) is 4.90 Å². The normalized spacial score (nSPS) is 12.3. The van der Waals surface area contributed by atoms with Crippen molar-refractivity contribution in [2.24, 2.45) is 0 Å². The molecule has 7 aromatic rings. The van der Waals surface area contributed by atoms with Crippen molar-refractivity contribution in [1.82, 2.24) is 4.57 Å². The van der Waals surface area contributed by atoms with Crippen LogP contribution >= 0.6 is 0 Å². The van der Waals surface area contributed by atoms with E-state index in [1.807, 2.05) is 114 Å². The fourth-order valence-electron chi connectivity index (χ4n) is 6.42. The molecule has 1 aliphatic heterocycles. The van der Waals surface area contributed by atoms with E-state index in [9.17, 15) is 9.59 Å². The van der Waals surface area contributed by atoms with E-state index in [-0.39, 0.29) is 11.8 Å². The van der Waals surface area contributed by atoms with Crippen molar-refractivity contribution >= 4 is 50.7 Å². The maximum atomic E-state index is 14.2. The maximum Gasteiger partial charge on any atom is 0.268 e. The molecule has 2 amide bonds. The average molecular weight is 591 g/mol. The quantitative estimate of drug-likeness (QED) is 0.151. The van der Waals surface area contributed by atoms with Crippen LogP contribution in [0.2, 0.25) is 0 Å². The fourth-order valence-corrected chi connectivity index (χ4v) is 6.42. The molecule has 1 aliphatic rings. The first-order chi connectivity index (χ1) is 22.6. The van der Waals surface area contributed by atoms with E-state index in [2.05, 4.69) is 9.69 Å². The number of anilines is 1. The minimum Gasteiger partial charge on any atom is -0.308 e. The lowest BCUT2D eigenvalue weighted by Crippen LogP contribution is -2.29. The second-order valence-electron chi connectivity index (χ2n) is 11.1. The van der Waals surface area contributed by atoms with Gasteiger partial charge < -0.3 is 4.57 Å². The van der Waals surface area contributed by atoms with Crippen LogP contribution < -0.4 is 4.90 Å². The summed E-state index contributed by atoms with van der Waals surface area (Å²) in [6, 6.07) is 42.0. The Kier molecular flexibility index (Phi) is 6.10. The van der Waals surface area contributed by atoms with Gasteiger partial charge in [0.2, 0.25) is 0 Å². The summed E-state index contributed by atoms with van der Waals surface area (Å²) in [6.07, 6.45) is 0. The molecule has 0 spiro atoms. The zero-order valence-electron chi connectivity index (χ0n) is 24.3. The highest BCUT2D eigenvalue weighted by atomic mass is 16.2. The van der Waals surface area contributed by atoms with Crippen molar-refractivity contribution in [1.29, 1.82) is 0 Å². The molecule has 0 N–H and O–H groups in total. The summed E-state index contributed by atoms with van der Waals surface area (Å²) in [6.45, 7) is 15.0. The van der Waals surface area contributed by atoms with Gasteiger partial charge >= 0.3 is 0 Å². The molecule has 1 aromatic heterocycles. The molecule has 0 fully saturated rings. The lowest BCUT2D eigenvalue weighted by Gasteiger charge is -2.15. The molecular weight excluding hydrogens is 568 g/mol. The summed E-state index contributed by atoms with van der Waals surface area (Å²) < 4.78 is 2.04. The van der Waals surface area contributed by atoms with Crippen LogP contribution in [0.25, 0.3) is 59.4 Å². The molecule has 0 aliphatic carbocycles. The van der Waals surface area contributed by atoms with Crippen LogP contribution in [0.4, 0.5) is 17.1 Å². The number of carbonyl (C=O) groups excluding carboxylic acids is 2. The lowest BCUT2D eigenvalue weighted by atomic mass is 10.0. The summed E-state index contributed by atoms with van der Waals surface area (Å²) in [4.78, 5) is 36.4. The van der Waals surface area contributed by atoms with Gasteiger partial charge in [0.05, 0.1) is 46.7 Å². The molecule has 0 atom stereocenters. The number of carbonyl (C=O) groups is 2. The number of para-hydroxylation sites is 1. The molecule has 6 heteroatoms. The molecule has 0 bridgehead atoms. The van der Waals surface area contributed by atoms with Crippen LogP contribution in [0.3, 0.4) is 0 Å². The van der Waals surface area contributed by atoms with E-state index in [4.69, 9.17) is 13.1 Å². The summed E-state index contributed by atoms with van der Waals surface area (Å²) in [7, 11) is 0. The molecule has 2 heterocycles. The van der Waals surface area contributed by atoms with Gasteiger partial charge in [-0.1, -0.05) is 97.1 Å². The Bertz CT molecular complexity index is 2450. The summed E-state index contributed by atoms with van der Waals surface area (Å²) in [5, 5.41) is 1.98. The van der Waals surface area contributed by atoms with E-state index < -0.39 is 0 Å². The highest BCUT2D eigenvalue weighted by Crippen LogP contribution is 2.40. The number of amides is 2. The fraction of sp³-hybridized carbons (Fsp3) is 0. The molecule has 6 nitrogen and oxygen atoms in total. The SMILES string of the molecule is [C-]#[N+]c1cc([N+]#[C-])cc(-c2ccc3c4ccccc4n(-c4cccc5c4C(=O)N(c4ccc(-c6ccccc6)cc4)C5=O)c3c2)c1. The van der Waals surface area contributed by atoms with Crippen molar-refractivity contribution < 1.29 is 9.59 Å². The highest BCUT2D eigenvalue weighted by molar-refractivity contribution is 6.35. The van der Waals surface area contributed by atoms with E-state index in [1.54, 1.807) is 24.3 Å². The van der Waals surface area contributed by atoms with Gasteiger partial charge in [0, 0.05) is 10.8 Å². The number of aromatic nitrogens is 1. The molecule has 0 saturated carbocycles. The van der Waals surface area contributed by atoms with Gasteiger partial charge in [0.15, 0.2) is 11.4 Å². The van der Waals surface area contributed by atoms with Gasteiger partial charge in [-0.05, 0) is 58.7 Å². The summed E-state index contributed by atoms with van der Waals surface area (Å²) in [5.74, 6) is -0.741. The van der Waals surface area contributed by atoms with E-state index in [0.29, 0.717) is 33.9 Å². The molecule has 8 rings (SSSR count). The van der Waals surface area contributed by atoms with E-state index >= 15 is 0 Å². The van der Waals surface area contributed by atoms with Crippen LogP contribution in [-0.2, 0) is 0 Å². The first kappa shape index (κ1) is 26.8. The third-order valence-corrected chi connectivity index (χ3v) is 8.53. The Morgan fingerprint density at radius 1 is 0.500 bits per heavy atom. The number of fused-ring (bicyclic) bond motifs is 4. The Balaban J connectivity index is 1.29. The van der Waals surface area contributed by atoms with Crippen molar-refractivity contribution in [2.45, 2.75) is 0 Å². The molecule has 6 aromatic carbocycles. The third kappa shape index (κ3) is 4.10. The Hall–Kier alpha value is -6.76. The number of hydrogen-bond acceptors (Lipinski definition) is 2. The van der Waals surface area contributed by atoms with Gasteiger partial charge in [-0.25, -0.2) is 14.6 Å². The monoisotopic (exact) mass is 590 g/mol. The minimum absolute atomic E-state index is 0.345. The molecular formula is C40H22N4O2. The van der Waals surface area contributed by atoms with Crippen LogP contribution in [0.1, 0.15) is 20.7 Å². The van der Waals surface area contributed by atoms with E-state index in [0.717, 1.165) is 44.1 Å². The Morgan fingerprint density at radius 2 is 1.15 bits per heavy atom. The zero-order chi connectivity index (χ0) is 31.4. The number of imide groups is 1. The first-order valence-corrected chi connectivity index (χ1v) is 14.7. The van der Waals surface area contributed by atoms with Gasteiger partial charge in [0.25, 0.3) is 11.8 Å². The maximum absolute atomic E-state index is 14.2. The average Bonchev–Trinajstić information content (AvgIpc) is 3.58. The van der Waals surface area contributed by atoms with Gasteiger partial charge in [0.1, 0.15) is 0 Å². The van der Waals surface area contributed by atoms with Gasteiger partial charge in [-0.2, -0.15) is 0 Å². The summed E-state index contributed by atoms with van der Waals surface area (Å²) >= 11 is 0. The molecule has 46 heavy (non-hydrogen) atoms.